The number of hydrogen-bond donors (Lipinski definition) is 1. The van der Waals surface area contributed by atoms with Crippen molar-refractivity contribution in [3.63, 3.8) is 0 Å². The lowest BCUT2D eigenvalue weighted by molar-refractivity contribution is 0.972. The van der Waals surface area contributed by atoms with Gasteiger partial charge < -0.3 is 5.32 Å². The predicted octanol–water partition coefficient (Wildman–Crippen LogP) is 2.89. The van der Waals surface area contributed by atoms with Crippen LogP contribution in [0.1, 0.15) is 0 Å². The van der Waals surface area contributed by atoms with Gasteiger partial charge in [-0.1, -0.05) is 36.4 Å². The molecule has 16 heavy (non-hydrogen) atoms. The minimum absolute atomic E-state index is 0.983. The number of fused-ring (bicyclic) bond motifs is 1. The molecule has 0 amide bonds. The van der Waals surface area contributed by atoms with Crippen LogP contribution in [-0.4, -0.2) is 11.5 Å². The zero-order chi connectivity index (χ0) is 11.1. The maximum Gasteiger partial charge on any atom is 0.0346 e. The number of nitrogens with zero attached hydrogens (tertiary/aromatic N) is 1. The van der Waals surface area contributed by atoms with Gasteiger partial charge in [-0.05, 0) is 29.1 Å². The standard InChI is InChI=1S/C9H7N.C5H7N/c1-2-4-9-7-10-6-5-8(9)3-1;1-2-4-6-5-3-1/h1-7H;1-4,6H,5H2. The number of rotatable bonds is 0. The number of allylic oxidation sites excluding steroid dienone is 2. The SMILES string of the molecule is C1=CCNC=C1.c1ccc2cnccc2c1. The van der Waals surface area contributed by atoms with Crippen LogP contribution in [0, 0.1) is 0 Å². The number of dihydropyridines is 1. The first-order valence-electron chi connectivity index (χ1n) is 5.30. The van der Waals surface area contributed by atoms with Gasteiger partial charge in [0.2, 0.25) is 0 Å². The number of pyridine rings is 1. The number of benzene rings is 1. The normalized spacial score (nSPS) is 12.8. The van der Waals surface area contributed by atoms with Gasteiger partial charge in [-0.25, -0.2) is 0 Å². The Morgan fingerprint density at radius 2 is 1.88 bits per heavy atom. The molecule has 0 radical (unpaired) electrons. The molecule has 1 aliphatic heterocycles. The summed E-state index contributed by atoms with van der Waals surface area (Å²) in [7, 11) is 0. The van der Waals surface area contributed by atoms with Crippen LogP contribution in [0.2, 0.25) is 0 Å². The van der Waals surface area contributed by atoms with Crippen molar-refractivity contribution < 1.29 is 0 Å². The molecule has 1 aromatic heterocycles. The van der Waals surface area contributed by atoms with Crippen molar-refractivity contribution in [2.45, 2.75) is 0 Å². The smallest absolute Gasteiger partial charge is 0.0346 e. The monoisotopic (exact) mass is 210 g/mol. The highest BCUT2D eigenvalue weighted by atomic mass is 14.8. The average Bonchev–Trinajstić information content (AvgIpc) is 2.42. The highest BCUT2D eigenvalue weighted by molar-refractivity contribution is 5.80. The van der Waals surface area contributed by atoms with Crippen molar-refractivity contribution in [2.24, 2.45) is 0 Å². The third kappa shape index (κ3) is 2.95. The van der Waals surface area contributed by atoms with Gasteiger partial charge in [0, 0.05) is 18.9 Å². The molecule has 0 unspecified atom stereocenters. The summed E-state index contributed by atoms with van der Waals surface area (Å²) in [4.78, 5) is 4.01. The second-order valence-electron chi connectivity index (χ2n) is 3.42. The molecule has 3 rings (SSSR count). The van der Waals surface area contributed by atoms with Crippen LogP contribution in [-0.2, 0) is 0 Å². The summed E-state index contributed by atoms with van der Waals surface area (Å²) >= 11 is 0. The molecule has 2 heteroatoms. The van der Waals surface area contributed by atoms with Crippen LogP contribution in [0.25, 0.3) is 10.8 Å². The van der Waals surface area contributed by atoms with Crippen LogP contribution in [0.15, 0.2) is 67.2 Å². The molecule has 80 valence electrons. The number of hydrogen-bond acceptors (Lipinski definition) is 2. The van der Waals surface area contributed by atoms with Crippen molar-refractivity contribution in [3.05, 3.63) is 67.2 Å². The Hall–Kier alpha value is -2.09. The Kier molecular flexibility index (Phi) is 3.72. The molecule has 2 nitrogen and oxygen atoms in total. The maximum atomic E-state index is 4.01. The Morgan fingerprint density at radius 1 is 1.00 bits per heavy atom. The summed E-state index contributed by atoms with van der Waals surface area (Å²) in [6.07, 6.45) is 11.7. The van der Waals surface area contributed by atoms with Crippen molar-refractivity contribution in [1.82, 2.24) is 10.3 Å². The summed E-state index contributed by atoms with van der Waals surface area (Å²) in [6.45, 7) is 0.983. The van der Waals surface area contributed by atoms with Crippen LogP contribution < -0.4 is 5.32 Å². The molecule has 0 aliphatic carbocycles. The van der Waals surface area contributed by atoms with E-state index in [1.807, 2.05) is 48.9 Å². The summed E-state index contributed by atoms with van der Waals surface area (Å²) in [5.74, 6) is 0. The Bertz CT molecular complexity index is 423. The minimum Gasteiger partial charge on any atom is -0.387 e. The van der Waals surface area contributed by atoms with E-state index in [4.69, 9.17) is 0 Å². The van der Waals surface area contributed by atoms with Crippen molar-refractivity contribution in [3.8, 4) is 0 Å². The molecule has 2 heterocycles. The maximum absolute atomic E-state index is 4.01. The molecule has 2 aromatic rings. The first kappa shape index (κ1) is 10.4. The Morgan fingerprint density at radius 3 is 2.44 bits per heavy atom. The lowest BCUT2D eigenvalue weighted by atomic mass is 10.2. The molecular formula is C14H14N2. The highest BCUT2D eigenvalue weighted by Gasteiger charge is 1.86. The molecule has 1 aromatic carbocycles. The summed E-state index contributed by atoms with van der Waals surface area (Å²) < 4.78 is 0. The van der Waals surface area contributed by atoms with E-state index in [-0.39, 0.29) is 0 Å². The quantitative estimate of drug-likeness (QED) is 0.723. The summed E-state index contributed by atoms with van der Waals surface area (Å²) in [5.41, 5.74) is 0. The van der Waals surface area contributed by atoms with Gasteiger partial charge in [-0.2, -0.15) is 0 Å². The number of nitrogens with one attached hydrogen (secondary N) is 1. The van der Waals surface area contributed by atoms with E-state index in [2.05, 4.69) is 28.5 Å². The lowest BCUT2D eigenvalue weighted by Crippen LogP contribution is -2.05. The fourth-order valence-electron chi connectivity index (χ4n) is 1.43. The van der Waals surface area contributed by atoms with Crippen molar-refractivity contribution in [1.29, 1.82) is 0 Å². The van der Waals surface area contributed by atoms with Crippen LogP contribution >= 0.6 is 0 Å². The van der Waals surface area contributed by atoms with Gasteiger partial charge in [0.1, 0.15) is 0 Å². The van der Waals surface area contributed by atoms with Gasteiger partial charge in [0.15, 0.2) is 0 Å². The molecular weight excluding hydrogens is 196 g/mol. The molecule has 0 saturated carbocycles. The van der Waals surface area contributed by atoms with Gasteiger partial charge in [-0.15, -0.1) is 0 Å². The zero-order valence-electron chi connectivity index (χ0n) is 9.01. The topological polar surface area (TPSA) is 24.9 Å². The molecule has 0 atom stereocenters. The first-order valence-corrected chi connectivity index (χ1v) is 5.30. The predicted molar refractivity (Wildman–Crippen MR) is 68.0 cm³/mol. The van der Waals surface area contributed by atoms with E-state index >= 15 is 0 Å². The van der Waals surface area contributed by atoms with E-state index < -0.39 is 0 Å². The van der Waals surface area contributed by atoms with E-state index in [9.17, 15) is 0 Å². The molecule has 0 saturated heterocycles. The molecule has 0 bridgehead atoms. The van der Waals surface area contributed by atoms with Crippen LogP contribution in [0.5, 0.6) is 0 Å². The summed E-state index contributed by atoms with van der Waals surface area (Å²) in [6, 6.07) is 10.2. The fourth-order valence-corrected chi connectivity index (χ4v) is 1.43. The molecule has 1 N–H and O–H groups in total. The number of aromatic nitrogens is 1. The molecule has 0 spiro atoms. The van der Waals surface area contributed by atoms with E-state index in [1.165, 1.54) is 10.8 Å². The second-order valence-corrected chi connectivity index (χ2v) is 3.42. The van der Waals surface area contributed by atoms with E-state index in [0.29, 0.717) is 0 Å². The van der Waals surface area contributed by atoms with Gasteiger partial charge in [0.05, 0.1) is 0 Å². The second kappa shape index (κ2) is 5.71. The van der Waals surface area contributed by atoms with Gasteiger partial charge >= 0.3 is 0 Å². The van der Waals surface area contributed by atoms with E-state index in [1.54, 1.807) is 0 Å². The molecule has 0 fully saturated rings. The highest BCUT2D eigenvalue weighted by Crippen LogP contribution is 2.09. The summed E-state index contributed by atoms with van der Waals surface area (Å²) in [5, 5.41) is 5.46. The zero-order valence-corrected chi connectivity index (χ0v) is 9.01. The Balaban J connectivity index is 0.000000138. The fraction of sp³-hybridized carbons (Fsp3) is 0.0714. The van der Waals surface area contributed by atoms with Crippen LogP contribution in [0.3, 0.4) is 0 Å². The average molecular weight is 210 g/mol. The van der Waals surface area contributed by atoms with Crippen molar-refractivity contribution in [2.75, 3.05) is 6.54 Å². The third-order valence-corrected chi connectivity index (χ3v) is 2.25. The van der Waals surface area contributed by atoms with Gasteiger partial charge in [0.25, 0.3) is 0 Å². The first-order chi connectivity index (χ1) is 7.97. The largest absolute Gasteiger partial charge is 0.387 e. The van der Waals surface area contributed by atoms with Crippen LogP contribution in [0.4, 0.5) is 0 Å². The van der Waals surface area contributed by atoms with Crippen molar-refractivity contribution >= 4 is 10.8 Å². The third-order valence-electron chi connectivity index (χ3n) is 2.25. The minimum atomic E-state index is 0.983. The Labute approximate surface area is 95.3 Å². The lowest BCUT2D eigenvalue weighted by Gasteiger charge is -1.94. The van der Waals surface area contributed by atoms with Gasteiger partial charge in [-0.3, -0.25) is 4.98 Å². The molecule has 1 aliphatic rings. The van der Waals surface area contributed by atoms with E-state index in [0.717, 1.165) is 6.54 Å².